The van der Waals surface area contributed by atoms with Crippen LogP contribution in [0, 0.1) is 5.92 Å². The Kier molecular flexibility index (Phi) is 8.89. The van der Waals surface area contributed by atoms with Crippen LogP contribution >= 0.6 is 0 Å². The number of anilines is 1. The molecule has 1 saturated carbocycles. The van der Waals surface area contributed by atoms with E-state index in [0.717, 1.165) is 11.6 Å². The lowest BCUT2D eigenvalue weighted by Gasteiger charge is -2.29. The van der Waals surface area contributed by atoms with Crippen molar-refractivity contribution >= 4 is 11.7 Å². The fourth-order valence-electron chi connectivity index (χ4n) is 6.69. The van der Waals surface area contributed by atoms with Crippen molar-refractivity contribution in [2.75, 3.05) is 11.9 Å². The van der Waals surface area contributed by atoms with Gasteiger partial charge in [-0.15, -0.1) is 0 Å². The fourth-order valence-corrected chi connectivity index (χ4v) is 6.69. The molecule has 1 aliphatic carbocycles. The van der Waals surface area contributed by atoms with Gasteiger partial charge in [0, 0.05) is 5.69 Å². The summed E-state index contributed by atoms with van der Waals surface area (Å²) in [5, 5.41) is 6.08. The van der Waals surface area contributed by atoms with Crippen LogP contribution in [0.15, 0.2) is 24.3 Å². The molecule has 5 atom stereocenters. The molecule has 1 aromatic carbocycles. The second-order valence-electron chi connectivity index (χ2n) is 12.7. The molecule has 39 heavy (non-hydrogen) atoms. The lowest BCUT2D eigenvalue weighted by Crippen LogP contribution is -2.53. The largest absolute Gasteiger partial charge is 0.348 e. The quantitative estimate of drug-likeness (QED) is 0.348. The molecule has 8 heteroatoms. The van der Waals surface area contributed by atoms with Crippen LogP contribution in [0.4, 0.5) is 10.5 Å². The van der Waals surface area contributed by atoms with E-state index in [0.29, 0.717) is 12.5 Å². The molecule has 4 fully saturated rings. The maximum atomic E-state index is 13.1. The topological polar surface area (TPSA) is 87.3 Å². The minimum Gasteiger partial charge on any atom is -0.348 e. The van der Waals surface area contributed by atoms with Crippen LogP contribution in [0.2, 0.25) is 0 Å². The summed E-state index contributed by atoms with van der Waals surface area (Å²) in [5.41, 5.74) is 2.13. The number of ether oxygens (including phenoxy) is 5. The van der Waals surface area contributed by atoms with Crippen molar-refractivity contribution in [1.82, 2.24) is 5.32 Å². The van der Waals surface area contributed by atoms with Crippen LogP contribution in [0.3, 0.4) is 0 Å². The van der Waals surface area contributed by atoms with E-state index in [-0.39, 0.29) is 12.1 Å². The van der Waals surface area contributed by atoms with Gasteiger partial charge in [0.25, 0.3) is 0 Å². The molecule has 0 spiro atoms. The SMILES string of the molecule is CCCCCCC1CCC(c2ccc(NC(=O)N[C@H]3[C@H]4OC(C)(C)O[C@H]4O[C@@H]3[C@H]3COC(C)(C)O3)cc2)CC1. The Hall–Kier alpha value is -1.71. The molecule has 0 unspecified atom stereocenters. The number of benzene rings is 1. The predicted molar refractivity (Wildman–Crippen MR) is 149 cm³/mol. The number of nitrogens with one attached hydrogen (secondary N) is 2. The van der Waals surface area contributed by atoms with E-state index in [1.165, 1.54) is 63.4 Å². The maximum Gasteiger partial charge on any atom is 0.319 e. The van der Waals surface area contributed by atoms with Crippen molar-refractivity contribution in [2.24, 2.45) is 5.92 Å². The smallest absolute Gasteiger partial charge is 0.319 e. The van der Waals surface area contributed by atoms with Gasteiger partial charge in [-0.25, -0.2) is 4.79 Å². The number of urea groups is 1. The summed E-state index contributed by atoms with van der Waals surface area (Å²) < 4.78 is 30.1. The van der Waals surface area contributed by atoms with E-state index in [4.69, 9.17) is 23.7 Å². The van der Waals surface area contributed by atoms with E-state index in [1.807, 2.05) is 39.8 Å². The highest BCUT2D eigenvalue weighted by atomic mass is 16.8. The van der Waals surface area contributed by atoms with Crippen LogP contribution in [0.25, 0.3) is 0 Å². The first-order valence-electron chi connectivity index (χ1n) is 15.1. The molecule has 4 aliphatic rings. The summed E-state index contributed by atoms with van der Waals surface area (Å²) in [6, 6.07) is 7.59. The van der Waals surface area contributed by atoms with E-state index >= 15 is 0 Å². The van der Waals surface area contributed by atoms with E-state index in [9.17, 15) is 4.79 Å². The number of fused-ring (bicyclic) bond motifs is 1. The van der Waals surface area contributed by atoms with Crippen LogP contribution in [-0.4, -0.2) is 54.9 Å². The predicted octanol–water partition coefficient (Wildman–Crippen LogP) is 6.45. The zero-order valence-electron chi connectivity index (χ0n) is 24.4. The number of unbranched alkanes of at least 4 members (excludes halogenated alkanes) is 3. The normalized spacial score (nSPS) is 35.1. The van der Waals surface area contributed by atoms with Crippen LogP contribution in [0.1, 0.15) is 104 Å². The van der Waals surface area contributed by atoms with Gasteiger partial charge in [0.15, 0.2) is 17.9 Å². The molecule has 0 aromatic heterocycles. The summed E-state index contributed by atoms with van der Waals surface area (Å²) in [5.74, 6) is 0.0361. The Bertz CT molecular complexity index is 958. The number of carbonyl (C=O) groups is 1. The Morgan fingerprint density at radius 2 is 1.64 bits per heavy atom. The minimum atomic E-state index is -0.785. The monoisotopic (exact) mass is 544 g/mol. The van der Waals surface area contributed by atoms with E-state index < -0.39 is 36.1 Å². The number of rotatable bonds is 9. The molecule has 5 rings (SSSR count). The molecule has 3 heterocycles. The maximum absolute atomic E-state index is 13.1. The van der Waals surface area contributed by atoms with Crippen molar-refractivity contribution in [2.45, 2.75) is 141 Å². The Morgan fingerprint density at radius 3 is 2.31 bits per heavy atom. The average Bonchev–Trinajstić information content (AvgIpc) is 3.51. The summed E-state index contributed by atoms with van der Waals surface area (Å²) >= 11 is 0. The molecule has 3 aliphatic heterocycles. The average molecular weight is 545 g/mol. The van der Waals surface area contributed by atoms with Crippen LogP contribution in [-0.2, 0) is 23.7 Å². The molecular weight excluding hydrogens is 496 g/mol. The number of amides is 2. The van der Waals surface area contributed by atoms with Gasteiger partial charge >= 0.3 is 6.03 Å². The van der Waals surface area contributed by atoms with E-state index in [1.54, 1.807) is 0 Å². The minimum absolute atomic E-state index is 0.308. The number of hydrogen-bond donors (Lipinski definition) is 2. The summed E-state index contributed by atoms with van der Waals surface area (Å²) in [6.07, 6.45) is 10.2. The summed E-state index contributed by atoms with van der Waals surface area (Å²) in [4.78, 5) is 13.1. The number of hydrogen-bond acceptors (Lipinski definition) is 6. The van der Waals surface area contributed by atoms with Crippen LogP contribution < -0.4 is 10.6 Å². The first kappa shape index (κ1) is 28.8. The lowest BCUT2D eigenvalue weighted by atomic mass is 9.77. The van der Waals surface area contributed by atoms with Gasteiger partial charge in [-0.05, 0) is 82.9 Å². The third kappa shape index (κ3) is 7.14. The van der Waals surface area contributed by atoms with Gasteiger partial charge in [-0.2, -0.15) is 0 Å². The molecule has 218 valence electrons. The third-order valence-corrected chi connectivity index (χ3v) is 8.73. The van der Waals surface area contributed by atoms with Crippen molar-refractivity contribution in [3.05, 3.63) is 29.8 Å². The van der Waals surface area contributed by atoms with Gasteiger partial charge in [0.2, 0.25) is 0 Å². The molecule has 0 bridgehead atoms. The third-order valence-electron chi connectivity index (χ3n) is 8.73. The molecule has 8 nitrogen and oxygen atoms in total. The van der Waals surface area contributed by atoms with Crippen LogP contribution in [0.5, 0.6) is 0 Å². The summed E-state index contributed by atoms with van der Waals surface area (Å²) in [6.45, 7) is 10.1. The first-order valence-corrected chi connectivity index (χ1v) is 15.1. The fraction of sp³-hybridized carbons (Fsp3) is 0.774. The van der Waals surface area contributed by atoms with Gasteiger partial charge in [0.1, 0.15) is 18.3 Å². The molecular formula is C31H48N2O6. The number of carbonyl (C=O) groups excluding carboxylic acids is 1. The second kappa shape index (κ2) is 12.0. The molecule has 1 aromatic rings. The zero-order chi connectivity index (χ0) is 27.6. The van der Waals surface area contributed by atoms with Crippen molar-refractivity contribution in [3.8, 4) is 0 Å². The zero-order valence-corrected chi connectivity index (χ0v) is 24.4. The Morgan fingerprint density at radius 1 is 0.897 bits per heavy atom. The highest BCUT2D eigenvalue weighted by Crippen LogP contribution is 2.41. The highest BCUT2D eigenvalue weighted by molar-refractivity contribution is 5.89. The Labute approximate surface area is 233 Å². The summed E-state index contributed by atoms with van der Waals surface area (Å²) in [7, 11) is 0. The van der Waals surface area contributed by atoms with E-state index in [2.05, 4.69) is 29.7 Å². The lowest BCUT2D eigenvalue weighted by molar-refractivity contribution is -0.223. The molecule has 3 saturated heterocycles. The first-order chi connectivity index (χ1) is 18.6. The van der Waals surface area contributed by atoms with Crippen molar-refractivity contribution in [3.63, 3.8) is 0 Å². The second-order valence-corrected chi connectivity index (χ2v) is 12.7. The van der Waals surface area contributed by atoms with Crippen molar-refractivity contribution in [1.29, 1.82) is 0 Å². The molecule has 2 amide bonds. The Balaban J connectivity index is 1.14. The van der Waals surface area contributed by atoms with Gasteiger partial charge in [0.05, 0.1) is 12.6 Å². The van der Waals surface area contributed by atoms with Gasteiger partial charge in [-0.3, -0.25) is 0 Å². The van der Waals surface area contributed by atoms with Crippen molar-refractivity contribution < 1.29 is 28.5 Å². The molecule has 2 N–H and O–H groups in total. The van der Waals surface area contributed by atoms with Gasteiger partial charge in [-0.1, -0.05) is 51.2 Å². The highest BCUT2D eigenvalue weighted by Gasteiger charge is 2.58. The molecule has 0 radical (unpaired) electrons. The standard InChI is InChI=1S/C31H48N2O6/c1-6-7-8-9-10-20-11-13-21(14-12-20)22-15-17-23(18-16-22)32-29(34)33-25-26(24-19-35-30(2,3)37-24)36-28-27(25)38-31(4,5)39-28/h15-18,20-21,24-28H,6-14,19H2,1-5H3,(H2,32,33,34)/t20?,21?,24-,25-,26-,27-,28-/m1/s1. The van der Waals surface area contributed by atoms with Gasteiger partial charge < -0.3 is 34.3 Å².